The molecule has 0 amide bonds. The highest BCUT2D eigenvalue weighted by Crippen LogP contribution is 2.18. The number of nitrogens with one attached hydrogen (secondary N) is 2. The molecule has 1 aromatic carbocycles. The Morgan fingerprint density at radius 3 is 3.04 bits per heavy atom. The number of aromatic nitrogens is 1. The number of benzene rings is 1. The third-order valence-electron chi connectivity index (χ3n) is 3.70. The van der Waals surface area contributed by atoms with E-state index >= 15 is 0 Å². The summed E-state index contributed by atoms with van der Waals surface area (Å²) in [5.41, 5.74) is 10.1. The first-order valence-corrected chi connectivity index (χ1v) is 7.54. The Balaban J connectivity index is 1.69. The zero-order valence-electron chi connectivity index (χ0n) is 13.1. The van der Waals surface area contributed by atoms with Crippen LogP contribution in [0.2, 0.25) is 0 Å². The van der Waals surface area contributed by atoms with Gasteiger partial charge in [0.2, 0.25) is 0 Å². The zero-order valence-corrected chi connectivity index (χ0v) is 13.1. The Hall–Kier alpha value is -3.34. The van der Waals surface area contributed by atoms with Gasteiger partial charge in [-0.1, -0.05) is 6.07 Å². The number of nitrogens with zero attached hydrogens (tertiary/aromatic N) is 1. The highest BCUT2D eigenvalue weighted by atomic mass is 16.3. The summed E-state index contributed by atoms with van der Waals surface area (Å²) in [5, 5.41) is 11.8. The van der Waals surface area contributed by atoms with E-state index in [-0.39, 0.29) is 0 Å². The van der Waals surface area contributed by atoms with Crippen molar-refractivity contribution >= 4 is 28.8 Å². The summed E-state index contributed by atoms with van der Waals surface area (Å²) in [6.45, 7) is 0.706. The number of pyridine rings is 1. The SMILES string of the molecule is N=CC(=CN)c1ccncc1/C=C/NCc1ccc2occc2c1. The van der Waals surface area contributed by atoms with Gasteiger partial charge < -0.3 is 20.9 Å². The Morgan fingerprint density at radius 2 is 2.21 bits per heavy atom. The van der Waals surface area contributed by atoms with Crippen LogP contribution in [-0.2, 0) is 6.54 Å². The maximum Gasteiger partial charge on any atom is 0.133 e. The molecule has 0 aliphatic heterocycles. The molecule has 3 rings (SSSR count). The highest BCUT2D eigenvalue weighted by Gasteiger charge is 2.03. The molecule has 3 aromatic rings. The largest absolute Gasteiger partial charge is 0.464 e. The average Bonchev–Trinajstić information content (AvgIpc) is 3.08. The molecule has 0 saturated heterocycles. The summed E-state index contributed by atoms with van der Waals surface area (Å²) in [7, 11) is 0. The third kappa shape index (κ3) is 3.35. The summed E-state index contributed by atoms with van der Waals surface area (Å²) < 4.78 is 5.34. The minimum absolute atomic E-state index is 0.655. The predicted molar refractivity (Wildman–Crippen MR) is 97.3 cm³/mol. The second-order valence-corrected chi connectivity index (χ2v) is 5.24. The van der Waals surface area contributed by atoms with Crippen molar-refractivity contribution in [3.63, 3.8) is 0 Å². The maximum atomic E-state index is 7.43. The first-order chi connectivity index (χ1) is 11.8. The van der Waals surface area contributed by atoms with Gasteiger partial charge in [-0.25, -0.2) is 0 Å². The van der Waals surface area contributed by atoms with Crippen LogP contribution >= 0.6 is 0 Å². The molecule has 0 spiro atoms. The zero-order chi connectivity index (χ0) is 16.8. The molecule has 0 radical (unpaired) electrons. The summed E-state index contributed by atoms with van der Waals surface area (Å²) in [4.78, 5) is 4.13. The molecule has 5 heteroatoms. The quantitative estimate of drug-likeness (QED) is 0.607. The second kappa shape index (κ2) is 7.28. The van der Waals surface area contributed by atoms with Gasteiger partial charge in [-0.2, -0.15) is 0 Å². The standard InChI is InChI=1S/C19H18N4O/c20-10-17(11-21)18-4-7-23-13-16(18)3-6-22-12-14-1-2-19-15(9-14)5-8-24-19/h1-11,13,20,22H,12,21H2/b6-3+,17-11?,20-10?. The van der Waals surface area contributed by atoms with Crippen LogP contribution in [0.4, 0.5) is 0 Å². The molecule has 0 saturated carbocycles. The van der Waals surface area contributed by atoms with Gasteiger partial charge in [-0.3, -0.25) is 4.98 Å². The summed E-state index contributed by atoms with van der Waals surface area (Å²) in [6.07, 6.45) is 11.6. The number of fused-ring (bicyclic) bond motifs is 1. The van der Waals surface area contributed by atoms with E-state index in [0.717, 1.165) is 22.1 Å². The number of rotatable bonds is 6. The minimum Gasteiger partial charge on any atom is -0.464 e. The molecule has 2 heterocycles. The van der Waals surface area contributed by atoms with Crippen LogP contribution in [0.5, 0.6) is 0 Å². The van der Waals surface area contributed by atoms with Crippen molar-refractivity contribution in [3.05, 3.63) is 78.1 Å². The lowest BCUT2D eigenvalue weighted by Gasteiger charge is -2.06. The topological polar surface area (TPSA) is 87.9 Å². The lowest BCUT2D eigenvalue weighted by Crippen LogP contribution is -2.04. The summed E-state index contributed by atoms with van der Waals surface area (Å²) in [5.74, 6) is 0. The molecule has 120 valence electrons. The van der Waals surface area contributed by atoms with Gasteiger partial charge in [0.1, 0.15) is 5.58 Å². The number of hydrogen-bond acceptors (Lipinski definition) is 5. The normalized spacial score (nSPS) is 11.9. The summed E-state index contributed by atoms with van der Waals surface area (Å²) >= 11 is 0. The van der Waals surface area contributed by atoms with Crippen LogP contribution in [0, 0.1) is 5.41 Å². The van der Waals surface area contributed by atoms with Gasteiger partial charge in [0.05, 0.1) is 6.26 Å². The average molecular weight is 318 g/mol. The fourth-order valence-electron chi connectivity index (χ4n) is 2.47. The van der Waals surface area contributed by atoms with Gasteiger partial charge in [-0.15, -0.1) is 0 Å². The van der Waals surface area contributed by atoms with Gasteiger partial charge >= 0.3 is 0 Å². The Bertz CT molecular complexity index is 908. The summed E-state index contributed by atoms with van der Waals surface area (Å²) in [6, 6.07) is 9.90. The maximum absolute atomic E-state index is 7.43. The number of hydrogen-bond donors (Lipinski definition) is 3. The Kier molecular flexibility index (Phi) is 4.72. The molecular weight excluding hydrogens is 300 g/mol. The highest BCUT2D eigenvalue weighted by molar-refractivity contribution is 6.09. The molecule has 5 nitrogen and oxygen atoms in total. The van der Waals surface area contributed by atoms with Crippen molar-refractivity contribution in [1.82, 2.24) is 10.3 Å². The van der Waals surface area contributed by atoms with Crippen LogP contribution in [0.3, 0.4) is 0 Å². The minimum atomic E-state index is 0.655. The van der Waals surface area contributed by atoms with Crippen molar-refractivity contribution in [2.75, 3.05) is 0 Å². The van der Waals surface area contributed by atoms with E-state index in [1.165, 1.54) is 18.0 Å². The molecular formula is C19H18N4O. The van der Waals surface area contributed by atoms with E-state index in [1.54, 1.807) is 18.7 Å². The van der Waals surface area contributed by atoms with E-state index in [1.807, 2.05) is 36.5 Å². The molecule has 0 atom stereocenters. The number of nitrogens with two attached hydrogens (primary N) is 1. The van der Waals surface area contributed by atoms with Gasteiger partial charge in [-0.05, 0) is 47.7 Å². The first kappa shape index (κ1) is 15.6. The van der Waals surface area contributed by atoms with Crippen LogP contribution in [0.1, 0.15) is 16.7 Å². The van der Waals surface area contributed by atoms with Crippen LogP contribution in [0.25, 0.3) is 22.6 Å². The van der Waals surface area contributed by atoms with Crippen LogP contribution in [-0.4, -0.2) is 11.2 Å². The fourth-order valence-corrected chi connectivity index (χ4v) is 2.47. The van der Waals surface area contributed by atoms with E-state index < -0.39 is 0 Å². The predicted octanol–water partition coefficient (Wildman–Crippen LogP) is 3.54. The molecule has 0 aliphatic carbocycles. The molecule has 0 unspecified atom stereocenters. The van der Waals surface area contributed by atoms with E-state index in [0.29, 0.717) is 12.1 Å². The van der Waals surface area contributed by atoms with Crippen molar-refractivity contribution < 1.29 is 4.42 Å². The fraction of sp³-hybridized carbons (Fsp3) is 0.0526. The van der Waals surface area contributed by atoms with Gasteiger partial charge in [0.15, 0.2) is 0 Å². The van der Waals surface area contributed by atoms with Gasteiger partial charge in [0, 0.05) is 47.9 Å². The van der Waals surface area contributed by atoms with Gasteiger partial charge in [0.25, 0.3) is 0 Å². The number of allylic oxidation sites excluding steroid dienone is 1. The molecule has 0 fully saturated rings. The van der Waals surface area contributed by atoms with Crippen molar-refractivity contribution in [3.8, 4) is 0 Å². The van der Waals surface area contributed by atoms with Crippen molar-refractivity contribution in [1.29, 1.82) is 5.41 Å². The molecule has 0 bridgehead atoms. The van der Waals surface area contributed by atoms with Crippen molar-refractivity contribution in [2.45, 2.75) is 6.54 Å². The Labute approximate surface area is 140 Å². The van der Waals surface area contributed by atoms with Crippen LogP contribution in [0.15, 0.2) is 65.8 Å². The molecule has 4 N–H and O–H groups in total. The molecule has 0 aliphatic rings. The van der Waals surface area contributed by atoms with Crippen LogP contribution < -0.4 is 11.1 Å². The molecule has 2 aromatic heterocycles. The Morgan fingerprint density at radius 1 is 1.29 bits per heavy atom. The smallest absolute Gasteiger partial charge is 0.133 e. The third-order valence-corrected chi connectivity index (χ3v) is 3.70. The van der Waals surface area contributed by atoms with E-state index in [2.05, 4.69) is 16.4 Å². The molecule has 24 heavy (non-hydrogen) atoms. The lowest BCUT2D eigenvalue weighted by molar-refractivity contribution is 0.615. The number of furan rings is 1. The van der Waals surface area contributed by atoms with E-state index in [4.69, 9.17) is 15.6 Å². The lowest BCUT2D eigenvalue weighted by atomic mass is 10.0. The first-order valence-electron chi connectivity index (χ1n) is 7.54. The van der Waals surface area contributed by atoms with Crippen molar-refractivity contribution in [2.24, 2.45) is 5.73 Å². The second-order valence-electron chi connectivity index (χ2n) is 5.24. The van der Waals surface area contributed by atoms with E-state index in [9.17, 15) is 0 Å². The monoisotopic (exact) mass is 318 g/mol.